The molecule has 0 aliphatic carbocycles. The molecule has 0 rings (SSSR count). The molecule has 0 spiro atoms. The largest absolute Gasteiger partial charge is 0.389 e. The van der Waals surface area contributed by atoms with Crippen LogP contribution in [0.4, 0.5) is 0 Å². The molecule has 0 fully saturated rings. The number of aliphatic hydroxyl groups excluding tert-OH is 2. The van der Waals surface area contributed by atoms with E-state index in [9.17, 15) is 18.6 Å². The van der Waals surface area contributed by atoms with Crippen LogP contribution < -0.4 is 0 Å². The lowest BCUT2D eigenvalue weighted by Crippen LogP contribution is -2.43. The predicted octanol–water partition coefficient (Wildman–Crippen LogP) is 0.531. The Kier molecular flexibility index (Phi) is 14.7. The van der Waals surface area contributed by atoms with Crippen molar-refractivity contribution in [2.45, 2.75) is 51.7 Å². The van der Waals surface area contributed by atoms with Crippen LogP contribution in [0.25, 0.3) is 0 Å². The highest BCUT2D eigenvalue weighted by Gasteiger charge is 2.18. The lowest BCUT2D eigenvalue weighted by atomic mass is 10.3. The third-order valence-corrected chi connectivity index (χ3v) is 4.21. The highest BCUT2D eigenvalue weighted by molar-refractivity contribution is 7.85. The van der Waals surface area contributed by atoms with Crippen LogP contribution in [0, 0.1) is 0 Å². The maximum atomic E-state index is 10.9. The first-order chi connectivity index (χ1) is 11.8. The molecule has 3 N–H and O–H groups in total. The van der Waals surface area contributed by atoms with E-state index in [1.165, 1.54) is 0 Å². The second-order valence-corrected chi connectivity index (χ2v) is 7.78. The van der Waals surface area contributed by atoms with Gasteiger partial charge in [0.25, 0.3) is 10.1 Å². The van der Waals surface area contributed by atoms with Crippen LogP contribution in [-0.2, 0) is 19.6 Å². The second-order valence-electron chi connectivity index (χ2n) is 6.21. The van der Waals surface area contributed by atoms with Crippen molar-refractivity contribution < 1.29 is 32.7 Å². The predicted molar refractivity (Wildman–Crippen MR) is 96.3 cm³/mol. The van der Waals surface area contributed by atoms with Crippen molar-refractivity contribution in [2.75, 3.05) is 51.8 Å². The highest BCUT2D eigenvalue weighted by atomic mass is 32.2. The summed E-state index contributed by atoms with van der Waals surface area (Å²) >= 11 is 0. The summed E-state index contributed by atoms with van der Waals surface area (Å²) in [7, 11) is -4.11. The Bertz CT molecular complexity index is 385. The van der Waals surface area contributed by atoms with E-state index in [1.807, 2.05) is 13.8 Å². The van der Waals surface area contributed by atoms with Gasteiger partial charge in [-0.25, -0.2) is 0 Å². The molecular weight excluding hydrogens is 350 g/mol. The Hall–Kier alpha value is -0.290. The Morgan fingerprint density at radius 3 is 1.72 bits per heavy atom. The molecule has 152 valence electrons. The SMILES string of the molecule is CCCCOCC(O)CN(CCS(=O)(=O)O)CC(O)COCCCC. The van der Waals surface area contributed by atoms with Crippen molar-refractivity contribution in [1.82, 2.24) is 4.90 Å². The molecule has 25 heavy (non-hydrogen) atoms. The Labute approximate surface area is 151 Å². The topological polar surface area (TPSA) is 117 Å². The Balaban J connectivity index is 4.33. The van der Waals surface area contributed by atoms with Gasteiger partial charge in [0, 0.05) is 32.8 Å². The maximum absolute atomic E-state index is 10.9. The first-order valence-electron chi connectivity index (χ1n) is 8.97. The molecule has 9 heteroatoms. The van der Waals surface area contributed by atoms with Crippen LogP contribution in [0.3, 0.4) is 0 Å². The zero-order chi connectivity index (χ0) is 19.1. The molecule has 2 unspecified atom stereocenters. The van der Waals surface area contributed by atoms with E-state index >= 15 is 0 Å². The van der Waals surface area contributed by atoms with Crippen LogP contribution in [0.1, 0.15) is 39.5 Å². The molecule has 0 amide bonds. The van der Waals surface area contributed by atoms with Gasteiger partial charge in [0.1, 0.15) is 0 Å². The van der Waals surface area contributed by atoms with Gasteiger partial charge < -0.3 is 19.7 Å². The average molecular weight is 386 g/mol. The third kappa shape index (κ3) is 16.9. The van der Waals surface area contributed by atoms with Crippen molar-refractivity contribution in [1.29, 1.82) is 0 Å². The highest BCUT2D eigenvalue weighted by Crippen LogP contribution is 2.01. The monoisotopic (exact) mass is 385 g/mol. The lowest BCUT2D eigenvalue weighted by Gasteiger charge is -2.26. The van der Waals surface area contributed by atoms with Gasteiger partial charge in [0.15, 0.2) is 0 Å². The minimum Gasteiger partial charge on any atom is -0.389 e. The molecule has 0 aromatic heterocycles. The minimum atomic E-state index is -4.11. The van der Waals surface area contributed by atoms with E-state index in [1.54, 1.807) is 4.90 Å². The van der Waals surface area contributed by atoms with Crippen LogP contribution in [-0.4, -0.2) is 92.1 Å². The summed E-state index contributed by atoms with van der Waals surface area (Å²) in [6.45, 7) is 5.80. The van der Waals surface area contributed by atoms with Gasteiger partial charge in [-0.1, -0.05) is 26.7 Å². The average Bonchev–Trinajstić information content (AvgIpc) is 2.53. The molecule has 8 nitrogen and oxygen atoms in total. The molecule has 0 radical (unpaired) electrons. The van der Waals surface area contributed by atoms with Gasteiger partial charge in [-0.15, -0.1) is 0 Å². The van der Waals surface area contributed by atoms with Crippen LogP contribution in [0.15, 0.2) is 0 Å². The minimum absolute atomic E-state index is 0.0108. The van der Waals surface area contributed by atoms with E-state index in [2.05, 4.69) is 0 Å². The van der Waals surface area contributed by atoms with Gasteiger partial charge in [-0.2, -0.15) is 8.42 Å². The fourth-order valence-electron chi connectivity index (χ4n) is 2.13. The normalized spacial score (nSPS) is 14.8. The first kappa shape index (κ1) is 24.7. The number of aliphatic hydroxyl groups is 2. The van der Waals surface area contributed by atoms with Gasteiger partial charge >= 0.3 is 0 Å². The summed E-state index contributed by atoms with van der Waals surface area (Å²) in [5, 5.41) is 20.0. The van der Waals surface area contributed by atoms with Crippen LogP contribution >= 0.6 is 0 Å². The number of ether oxygens (including phenoxy) is 2. The van der Waals surface area contributed by atoms with E-state index in [-0.39, 0.29) is 32.8 Å². The van der Waals surface area contributed by atoms with Crippen molar-refractivity contribution in [3.05, 3.63) is 0 Å². The molecule has 0 saturated heterocycles. The van der Waals surface area contributed by atoms with Crippen molar-refractivity contribution in [3.63, 3.8) is 0 Å². The van der Waals surface area contributed by atoms with E-state index in [0.717, 1.165) is 25.7 Å². The van der Waals surface area contributed by atoms with E-state index in [4.69, 9.17) is 14.0 Å². The second kappa shape index (κ2) is 14.8. The number of rotatable bonds is 17. The smallest absolute Gasteiger partial charge is 0.266 e. The van der Waals surface area contributed by atoms with Gasteiger partial charge in [0.2, 0.25) is 0 Å². The standard InChI is InChI=1S/C16H35NO7S/c1-3-5-8-23-13-15(18)11-17(7-10-25(20,21)22)12-16(19)14-24-9-6-4-2/h15-16,18-19H,3-14H2,1-2H3,(H,20,21,22). The van der Waals surface area contributed by atoms with E-state index < -0.39 is 28.1 Å². The molecule has 0 aliphatic rings. The summed E-state index contributed by atoms with van der Waals surface area (Å²) in [5.74, 6) is -0.459. The molecule has 0 aromatic rings. The Morgan fingerprint density at radius 2 is 1.36 bits per heavy atom. The fraction of sp³-hybridized carbons (Fsp3) is 1.00. The summed E-state index contributed by atoms with van der Waals surface area (Å²) in [6, 6.07) is 0. The summed E-state index contributed by atoms with van der Waals surface area (Å²) < 4.78 is 41.5. The molecule has 0 aliphatic heterocycles. The third-order valence-electron chi connectivity index (χ3n) is 3.51. The maximum Gasteiger partial charge on any atom is 0.266 e. The lowest BCUT2D eigenvalue weighted by molar-refractivity contribution is -0.00935. The van der Waals surface area contributed by atoms with Crippen LogP contribution in [0.2, 0.25) is 0 Å². The molecular formula is C16H35NO7S. The van der Waals surface area contributed by atoms with Gasteiger partial charge in [-0.3, -0.25) is 9.45 Å². The summed E-state index contributed by atoms with van der Waals surface area (Å²) in [6.07, 6.45) is 2.22. The van der Waals surface area contributed by atoms with Crippen molar-refractivity contribution in [2.24, 2.45) is 0 Å². The fourth-order valence-corrected chi connectivity index (χ4v) is 2.62. The zero-order valence-corrected chi connectivity index (χ0v) is 16.3. The number of nitrogens with zero attached hydrogens (tertiary/aromatic N) is 1. The van der Waals surface area contributed by atoms with Gasteiger partial charge in [-0.05, 0) is 12.8 Å². The molecule has 0 bridgehead atoms. The summed E-state index contributed by atoms with van der Waals surface area (Å²) in [5.41, 5.74) is 0. The number of hydrogen-bond donors (Lipinski definition) is 3. The van der Waals surface area contributed by atoms with Crippen LogP contribution in [0.5, 0.6) is 0 Å². The molecule has 0 heterocycles. The van der Waals surface area contributed by atoms with Crippen molar-refractivity contribution in [3.8, 4) is 0 Å². The number of hydrogen-bond acceptors (Lipinski definition) is 7. The quantitative estimate of drug-likeness (QED) is 0.245. The zero-order valence-electron chi connectivity index (χ0n) is 15.5. The molecule has 0 saturated carbocycles. The number of unbranched alkanes of at least 4 members (excludes halogenated alkanes) is 2. The Morgan fingerprint density at radius 1 is 0.920 bits per heavy atom. The molecule has 2 atom stereocenters. The first-order valence-corrected chi connectivity index (χ1v) is 10.6. The van der Waals surface area contributed by atoms with Gasteiger partial charge in [0.05, 0.1) is 31.2 Å². The van der Waals surface area contributed by atoms with Crippen molar-refractivity contribution >= 4 is 10.1 Å². The summed E-state index contributed by atoms with van der Waals surface area (Å²) in [4.78, 5) is 1.59. The van der Waals surface area contributed by atoms with E-state index in [0.29, 0.717) is 13.2 Å². The molecule has 0 aromatic carbocycles.